The number of alkyl halides is 1. The van der Waals surface area contributed by atoms with Crippen molar-refractivity contribution in [1.29, 1.82) is 0 Å². The van der Waals surface area contributed by atoms with E-state index in [0.717, 1.165) is 30.8 Å². The minimum absolute atomic E-state index is 0.114. The molecule has 0 amide bonds. The van der Waals surface area contributed by atoms with Crippen LogP contribution in [0.5, 0.6) is 11.5 Å². The Bertz CT molecular complexity index is 401. The number of ether oxygens (including phenoxy) is 2. The van der Waals surface area contributed by atoms with Crippen LogP contribution in [0.15, 0.2) is 24.3 Å². The lowest BCUT2D eigenvalue weighted by atomic mass is 9.62. The molecule has 1 saturated carbocycles. The van der Waals surface area contributed by atoms with Gasteiger partial charge < -0.3 is 9.47 Å². The molecule has 0 aromatic heterocycles. The van der Waals surface area contributed by atoms with Crippen LogP contribution in [0.1, 0.15) is 33.1 Å². The van der Waals surface area contributed by atoms with Crippen LogP contribution < -0.4 is 9.47 Å². The van der Waals surface area contributed by atoms with Crippen molar-refractivity contribution in [2.45, 2.75) is 44.6 Å². The van der Waals surface area contributed by atoms with Gasteiger partial charge in [-0.15, -0.1) is 11.6 Å². The lowest BCUT2D eigenvalue weighted by molar-refractivity contribution is -0.0472. The molecule has 0 bridgehead atoms. The average Bonchev–Trinajstić information content (AvgIpc) is 2.40. The summed E-state index contributed by atoms with van der Waals surface area (Å²) in [5.74, 6) is 1.61. The zero-order chi connectivity index (χ0) is 13.2. The molecule has 1 aliphatic rings. The van der Waals surface area contributed by atoms with Gasteiger partial charge in [0, 0.05) is 17.2 Å². The van der Waals surface area contributed by atoms with E-state index in [1.54, 1.807) is 7.11 Å². The van der Waals surface area contributed by atoms with Crippen LogP contribution in [-0.4, -0.2) is 18.6 Å². The summed E-state index contributed by atoms with van der Waals surface area (Å²) in [5.41, 5.74) is 0.114. The van der Waals surface area contributed by atoms with Crippen molar-refractivity contribution >= 4 is 11.6 Å². The summed E-state index contributed by atoms with van der Waals surface area (Å²) in [7, 11) is 1.67. The van der Waals surface area contributed by atoms with Gasteiger partial charge in [0.25, 0.3) is 0 Å². The first-order valence-corrected chi connectivity index (χ1v) is 7.05. The number of benzene rings is 1. The highest BCUT2D eigenvalue weighted by Gasteiger charge is 2.53. The largest absolute Gasteiger partial charge is 0.493 e. The van der Waals surface area contributed by atoms with Gasteiger partial charge in [0.05, 0.1) is 7.11 Å². The van der Waals surface area contributed by atoms with Gasteiger partial charge in [0.1, 0.15) is 6.10 Å². The predicted molar refractivity (Wildman–Crippen MR) is 74.7 cm³/mol. The fourth-order valence-electron chi connectivity index (χ4n) is 2.88. The summed E-state index contributed by atoms with van der Waals surface area (Å²) in [4.78, 5) is 0. The SMILES string of the molecule is CCC1(CC)C(Cl)CC1Oc1ccccc1OC. The third-order valence-electron chi connectivity index (χ3n) is 4.34. The van der Waals surface area contributed by atoms with E-state index >= 15 is 0 Å². The molecule has 1 aromatic rings. The zero-order valence-electron chi connectivity index (χ0n) is 11.3. The topological polar surface area (TPSA) is 18.5 Å². The Hall–Kier alpha value is -0.890. The first-order valence-electron chi connectivity index (χ1n) is 6.61. The molecule has 1 aromatic carbocycles. The Labute approximate surface area is 114 Å². The lowest BCUT2D eigenvalue weighted by Crippen LogP contribution is -2.56. The summed E-state index contributed by atoms with van der Waals surface area (Å²) in [6.07, 6.45) is 3.22. The highest BCUT2D eigenvalue weighted by molar-refractivity contribution is 6.21. The number of rotatable bonds is 5. The lowest BCUT2D eigenvalue weighted by Gasteiger charge is -2.52. The molecule has 1 fully saturated rings. The number of para-hydroxylation sites is 2. The van der Waals surface area contributed by atoms with E-state index in [9.17, 15) is 0 Å². The third kappa shape index (κ3) is 2.07. The summed E-state index contributed by atoms with van der Waals surface area (Å²) in [6.45, 7) is 4.38. The Balaban J connectivity index is 2.15. The molecule has 0 heterocycles. The van der Waals surface area contributed by atoms with Crippen molar-refractivity contribution < 1.29 is 9.47 Å². The molecule has 0 saturated heterocycles. The van der Waals surface area contributed by atoms with E-state index in [4.69, 9.17) is 21.1 Å². The number of hydrogen-bond acceptors (Lipinski definition) is 2. The van der Waals surface area contributed by atoms with Crippen molar-refractivity contribution in [2.24, 2.45) is 5.41 Å². The standard InChI is InChI=1S/C15H21ClO2/c1-4-15(5-2)13(16)10-14(15)18-12-9-7-6-8-11(12)17-3/h6-9,13-14H,4-5,10H2,1-3H3. The maximum absolute atomic E-state index is 6.40. The van der Waals surface area contributed by atoms with E-state index in [1.807, 2.05) is 24.3 Å². The van der Waals surface area contributed by atoms with Crippen LogP contribution in [0.4, 0.5) is 0 Å². The third-order valence-corrected chi connectivity index (χ3v) is 4.95. The first-order chi connectivity index (χ1) is 8.67. The molecule has 100 valence electrons. The van der Waals surface area contributed by atoms with Crippen molar-refractivity contribution in [3.05, 3.63) is 24.3 Å². The van der Waals surface area contributed by atoms with Gasteiger partial charge in [-0.3, -0.25) is 0 Å². The fraction of sp³-hybridized carbons (Fsp3) is 0.600. The molecule has 3 heteroatoms. The van der Waals surface area contributed by atoms with E-state index in [0.29, 0.717) is 0 Å². The minimum Gasteiger partial charge on any atom is -0.493 e. The average molecular weight is 269 g/mol. The fourth-order valence-corrected chi connectivity index (χ4v) is 3.49. The minimum atomic E-state index is 0.114. The summed E-state index contributed by atoms with van der Waals surface area (Å²) < 4.78 is 11.5. The van der Waals surface area contributed by atoms with Crippen molar-refractivity contribution in [3.63, 3.8) is 0 Å². The van der Waals surface area contributed by atoms with Gasteiger partial charge in [0.15, 0.2) is 11.5 Å². The number of methoxy groups -OCH3 is 1. The maximum Gasteiger partial charge on any atom is 0.161 e. The second-order valence-electron chi connectivity index (χ2n) is 4.90. The normalized spacial score (nSPS) is 25.3. The van der Waals surface area contributed by atoms with Crippen LogP contribution >= 0.6 is 11.6 Å². The van der Waals surface area contributed by atoms with E-state index in [1.165, 1.54) is 0 Å². The van der Waals surface area contributed by atoms with Gasteiger partial charge in [-0.05, 0) is 25.0 Å². The van der Waals surface area contributed by atoms with Crippen LogP contribution in [0, 0.1) is 5.41 Å². The van der Waals surface area contributed by atoms with Crippen molar-refractivity contribution in [3.8, 4) is 11.5 Å². The molecule has 2 unspecified atom stereocenters. The molecule has 2 rings (SSSR count). The second kappa shape index (κ2) is 5.40. The van der Waals surface area contributed by atoms with E-state index in [-0.39, 0.29) is 16.9 Å². The molecule has 0 aliphatic heterocycles. The quantitative estimate of drug-likeness (QED) is 0.743. The Morgan fingerprint density at radius 1 is 1.22 bits per heavy atom. The Morgan fingerprint density at radius 2 is 1.83 bits per heavy atom. The molecule has 0 radical (unpaired) electrons. The molecule has 0 N–H and O–H groups in total. The van der Waals surface area contributed by atoms with Crippen molar-refractivity contribution in [1.82, 2.24) is 0 Å². The van der Waals surface area contributed by atoms with Crippen LogP contribution in [-0.2, 0) is 0 Å². The first kappa shape index (κ1) is 13.5. The van der Waals surface area contributed by atoms with Crippen LogP contribution in [0.3, 0.4) is 0 Å². The van der Waals surface area contributed by atoms with Gasteiger partial charge in [-0.25, -0.2) is 0 Å². The number of halogens is 1. The summed E-state index contributed by atoms with van der Waals surface area (Å²) >= 11 is 6.40. The number of hydrogen-bond donors (Lipinski definition) is 0. The predicted octanol–water partition coefficient (Wildman–Crippen LogP) is 4.26. The van der Waals surface area contributed by atoms with Gasteiger partial charge >= 0.3 is 0 Å². The van der Waals surface area contributed by atoms with E-state index < -0.39 is 0 Å². The van der Waals surface area contributed by atoms with Gasteiger partial charge in [-0.2, -0.15) is 0 Å². The smallest absolute Gasteiger partial charge is 0.161 e. The second-order valence-corrected chi connectivity index (χ2v) is 5.43. The highest BCUT2D eigenvalue weighted by Crippen LogP contribution is 2.52. The summed E-state index contributed by atoms with van der Waals surface area (Å²) in [6, 6.07) is 7.79. The van der Waals surface area contributed by atoms with Crippen LogP contribution in [0.2, 0.25) is 0 Å². The van der Waals surface area contributed by atoms with Crippen molar-refractivity contribution in [2.75, 3.05) is 7.11 Å². The monoisotopic (exact) mass is 268 g/mol. The molecule has 2 nitrogen and oxygen atoms in total. The van der Waals surface area contributed by atoms with E-state index in [2.05, 4.69) is 13.8 Å². The van der Waals surface area contributed by atoms with Gasteiger partial charge in [0.2, 0.25) is 0 Å². The highest BCUT2D eigenvalue weighted by atomic mass is 35.5. The Kier molecular flexibility index (Phi) is 4.06. The van der Waals surface area contributed by atoms with Gasteiger partial charge in [-0.1, -0.05) is 26.0 Å². The molecule has 18 heavy (non-hydrogen) atoms. The molecular formula is C15H21ClO2. The van der Waals surface area contributed by atoms with Crippen LogP contribution in [0.25, 0.3) is 0 Å². The molecule has 0 spiro atoms. The zero-order valence-corrected chi connectivity index (χ0v) is 12.0. The molecular weight excluding hydrogens is 248 g/mol. The maximum atomic E-state index is 6.40. The molecule has 1 aliphatic carbocycles. The summed E-state index contributed by atoms with van der Waals surface area (Å²) in [5, 5.41) is 0.229. The molecule has 2 atom stereocenters. The Morgan fingerprint density at radius 3 is 2.33 bits per heavy atom.